The second-order valence-electron chi connectivity index (χ2n) is 6.29. The molecule has 3 heterocycles. The molecule has 0 aromatic carbocycles. The van der Waals surface area contributed by atoms with Gasteiger partial charge >= 0.3 is 5.69 Å². The molecule has 1 unspecified atom stereocenters. The lowest BCUT2D eigenvalue weighted by atomic mass is 10.2. The monoisotopic (exact) mass is 343 g/mol. The molecule has 0 aliphatic rings. The molecule has 0 amide bonds. The van der Waals surface area contributed by atoms with Gasteiger partial charge in [0.15, 0.2) is 16.9 Å². The number of aromatic nitrogens is 5. The lowest BCUT2D eigenvalue weighted by Crippen LogP contribution is -2.42. The van der Waals surface area contributed by atoms with Crippen molar-refractivity contribution in [3.8, 4) is 0 Å². The van der Waals surface area contributed by atoms with Crippen LogP contribution >= 0.6 is 0 Å². The fourth-order valence-electron chi connectivity index (χ4n) is 3.15. The van der Waals surface area contributed by atoms with E-state index in [-0.39, 0.29) is 5.78 Å². The maximum absolute atomic E-state index is 13.1. The Kier molecular flexibility index (Phi) is 3.78. The Bertz CT molecular complexity index is 1160. The second-order valence-corrected chi connectivity index (χ2v) is 6.29. The largest absolute Gasteiger partial charge is 0.333 e. The van der Waals surface area contributed by atoms with Gasteiger partial charge in [-0.05, 0) is 27.7 Å². The van der Waals surface area contributed by atoms with Crippen LogP contribution in [0.1, 0.15) is 31.3 Å². The molecular formula is C17H21N5O3. The topological polar surface area (TPSA) is 83.3 Å². The highest BCUT2D eigenvalue weighted by Crippen LogP contribution is 2.20. The molecule has 0 saturated carbocycles. The summed E-state index contributed by atoms with van der Waals surface area (Å²) in [5.74, 6) is 0.321. The van der Waals surface area contributed by atoms with Crippen molar-refractivity contribution in [3.63, 3.8) is 0 Å². The first kappa shape index (κ1) is 16.9. The molecular weight excluding hydrogens is 322 g/mol. The van der Waals surface area contributed by atoms with E-state index in [1.165, 1.54) is 11.5 Å². The van der Waals surface area contributed by atoms with Crippen LogP contribution in [0.15, 0.2) is 22.2 Å². The van der Waals surface area contributed by atoms with Crippen LogP contribution in [0.4, 0.5) is 0 Å². The molecule has 0 fully saturated rings. The average Bonchev–Trinajstić information content (AvgIpc) is 3.05. The number of ketones is 1. The Morgan fingerprint density at radius 1 is 1.28 bits per heavy atom. The molecule has 3 aromatic rings. The van der Waals surface area contributed by atoms with E-state index in [2.05, 4.69) is 11.6 Å². The number of rotatable bonds is 4. The molecule has 8 heteroatoms. The van der Waals surface area contributed by atoms with Crippen molar-refractivity contribution in [2.24, 2.45) is 7.05 Å². The summed E-state index contributed by atoms with van der Waals surface area (Å²) in [7, 11) is 1.56. The minimum absolute atomic E-state index is 0.253. The van der Waals surface area contributed by atoms with Gasteiger partial charge in [-0.25, -0.2) is 9.36 Å². The third-order valence-corrected chi connectivity index (χ3v) is 4.87. The summed E-state index contributed by atoms with van der Waals surface area (Å²) in [6.45, 7) is 11.0. The summed E-state index contributed by atoms with van der Waals surface area (Å²) < 4.78 is 6.00. The van der Waals surface area contributed by atoms with Crippen LogP contribution < -0.4 is 11.2 Å². The highest BCUT2D eigenvalue weighted by Gasteiger charge is 2.25. The Labute approximate surface area is 143 Å². The van der Waals surface area contributed by atoms with Crippen LogP contribution in [0.2, 0.25) is 0 Å². The van der Waals surface area contributed by atoms with Crippen molar-refractivity contribution >= 4 is 22.7 Å². The van der Waals surface area contributed by atoms with Gasteiger partial charge in [0, 0.05) is 25.0 Å². The number of fused-ring (bicyclic) bond motifs is 3. The van der Waals surface area contributed by atoms with Crippen LogP contribution in [0.3, 0.4) is 0 Å². The molecule has 3 rings (SSSR count). The van der Waals surface area contributed by atoms with Crippen LogP contribution in [0, 0.1) is 13.8 Å². The zero-order valence-corrected chi connectivity index (χ0v) is 15.0. The van der Waals surface area contributed by atoms with Crippen molar-refractivity contribution in [1.82, 2.24) is 23.1 Å². The third kappa shape index (κ3) is 2.13. The average molecular weight is 343 g/mol. The number of hydrogen-bond donors (Lipinski definition) is 0. The summed E-state index contributed by atoms with van der Waals surface area (Å²) in [4.78, 5) is 42.0. The third-order valence-electron chi connectivity index (χ3n) is 4.87. The number of imidazole rings is 2. The SMILES string of the molecule is C=CCn1c(C)c(C)n2c3c(=O)n(C(C)C(C)=O)c(=O)n(C)c3nc12. The molecule has 0 spiro atoms. The zero-order valence-electron chi connectivity index (χ0n) is 15.0. The maximum atomic E-state index is 13.1. The van der Waals surface area contributed by atoms with E-state index >= 15 is 0 Å². The number of Topliss-reactive ketones (excluding diaryl/α,β-unsaturated/α-hetero) is 1. The quantitative estimate of drug-likeness (QED) is 0.664. The minimum atomic E-state index is -0.835. The standard InChI is InChI=1S/C17H21N5O3/c1-7-8-20-9(2)10(3)21-13-14(18-16(20)21)19(6)17(25)22(15(13)24)11(4)12(5)23/h7,11H,1,8H2,2-6H3. The summed E-state index contributed by atoms with van der Waals surface area (Å²) in [6.07, 6.45) is 1.75. The lowest BCUT2D eigenvalue weighted by Gasteiger charge is -2.12. The van der Waals surface area contributed by atoms with Crippen molar-refractivity contribution in [3.05, 3.63) is 44.9 Å². The van der Waals surface area contributed by atoms with Gasteiger partial charge in [0.1, 0.15) is 0 Å². The smallest absolute Gasteiger partial charge is 0.310 e. The Morgan fingerprint density at radius 3 is 2.48 bits per heavy atom. The molecule has 1 atom stereocenters. The molecule has 0 bridgehead atoms. The molecule has 0 aliphatic heterocycles. The fourth-order valence-corrected chi connectivity index (χ4v) is 3.15. The molecule has 8 nitrogen and oxygen atoms in total. The predicted octanol–water partition coefficient (Wildman–Crippen LogP) is 1.10. The maximum Gasteiger partial charge on any atom is 0.333 e. The van der Waals surface area contributed by atoms with Gasteiger partial charge in [-0.1, -0.05) is 6.08 Å². The Balaban J connectivity index is 2.59. The van der Waals surface area contributed by atoms with Gasteiger partial charge in [-0.2, -0.15) is 4.98 Å². The number of carbonyl (C=O) groups excluding carboxylic acids is 1. The van der Waals surface area contributed by atoms with Gasteiger partial charge in [0.2, 0.25) is 5.78 Å². The first-order chi connectivity index (χ1) is 11.7. The number of nitrogens with zero attached hydrogens (tertiary/aromatic N) is 5. The zero-order chi connectivity index (χ0) is 18.6. The lowest BCUT2D eigenvalue weighted by molar-refractivity contribution is -0.119. The Hall–Kier alpha value is -2.90. The van der Waals surface area contributed by atoms with Gasteiger partial charge in [0.05, 0.1) is 6.04 Å². The summed E-state index contributed by atoms with van der Waals surface area (Å²) in [5, 5.41) is 0. The number of aryl methyl sites for hydroxylation is 2. The van der Waals surface area contributed by atoms with Crippen molar-refractivity contribution in [2.45, 2.75) is 40.3 Å². The van der Waals surface area contributed by atoms with Crippen molar-refractivity contribution < 1.29 is 4.79 Å². The van der Waals surface area contributed by atoms with E-state index in [0.29, 0.717) is 23.5 Å². The molecule has 3 aromatic heterocycles. The van der Waals surface area contributed by atoms with Gasteiger partial charge in [-0.15, -0.1) is 6.58 Å². The molecule has 132 valence electrons. The van der Waals surface area contributed by atoms with Crippen LogP contribution in [-0.4, -0.2) is 28.9 Å². The summed E-state index contributed by atoms with van der Waals surface area (Å²) >= 11 is 0. The van der Waals surface area contributed by atoms with E-state index in [9.17, 15) is 14.4 Å². The number of carbonyl (C=O) groups is 1. The normalized spacial score (nSPS) is 12.8. The van der Waals surface area contributed by atoms with E-state index in [4.69, 9.17) is 0 Å². The number of hydrogen-bond acceptors (Lipinski definition) is 4. The molecule has 0 aliphatic carbocycles. The van der Waals surface area contributed by atoms with E-state index in [1.807, 2.05) is 18.4 Å². The van der Waals surface area contributed by atoms with Crippen LogP contribution in [0.25, 0.3) is 16.9 Å². The number of allylic oxidation sites excluding steroid dienone is 1. The van der Waals surface area contributed by atoms with E-state index in [0.717, 1.165) is 16.0 Å². The van der Waals surface area contributed by atoms with Gasteiger partial charge < -0.3 is 4.57 Å². The van der Waals surface area contributed by atoms with Crippen LogP contribution in [-0.2, 0) is 18.4 Å². The predicted molar refractivity (Wildman–Crippen MR) is 95.3 cm³/mol. The molecule has 0 saturated heterocycles. The van der Waals surface area contributed by atoms with E-state index in [1.54, 1.807) is 24.4 Å². The Morgan fingerprint density at radius 2 is 1.92 bits per heavy atom. The van der Waals surface area contributed by atoms with Crippen molar-refractivity contribution in [2.75, 3.05) is 0 Å². The fraction of sp³-hybridized carbons (Fsp3) is 0.412. The van der Waals surface area contributed by atoms with Gasteiger partial charge in [-0.3, -0.25) is 18.6 Å². The highest BCUT2D eigenvalue weighted by atomic mass is 16.2. The molecule has 25 heavy (non-hydrogen) atoms. The summed E-state index contributed by atoms with van der Waals surface area (Å²) in [5.41, 5.74) is 1.37. The van der Waals surface area contributed by atoms with Crippen molar-refractivity contribution in [1.29, 1.82) is 0 Å². The van der Waals surface area contributed by atoms with E-state index < -0.39 is 17.3 Å². The second kappa shape index (κ2) is 5.58. The molecule has 0 radical (unpaired) electrons. The minimum Gasteiger partial charge on any atom is -0.310 e. The summed E-state index contributed by atoms with van der Waals surface area (Å²) in [6, 6.07) is -0.835. The van der Waals surface area contributed by atoms with Crippen LogP contribution in [0.5, 0.6) is 0 Å². The highest BCUT2D eigenvalue weighted by molar-refractivity contribution is 5.81. The molecule has 0 N–H and O–H groups in total. The first-order valence-corrected chi connectivity index (χ1v) is 8.03. The van der Waals surface area contributed by atoms with Gasteiger partial charge in [0.25, 0.3) is 5.56 Å². The first-order valence-electron chi connectivity index (χ1n) is 8.03.